The number of nitro groups is 1. The Hall–Kier alpha value is -2.93. The van der Waals surface area contributed by atoms with Crippen LogP contribution in [0.2, 0.25) is 5.02 Å². The number of hydrazine groups is 1. The van der Waals surface area contributed by atoms with E-state index in [9.17, 15) is 19.7 Å². The van der Waals surface area contributed by atoms with Crippen molar-refractivity contribution in [3.05, 3.63) is 74.8 Å². The van der Waals surface area contributed by atoms with Gasteiger partial charge >= 0.3 is 0 Å². The number of hydrogen-bond acceptors (Lipinski definition) is 4. The average molecular weight is 348 g/mol. The fraction of sp³-hybridized carbons (Fsp3) is 0.125. The highest BCUT2D eigenvalue weighted by atomic mass is 35.5. The summed E-state index contributed by atoms with van der Waals surface area (Å²) < 4.78 is 0. The molecule has 7 nitrogen and oxygen atoms in total. The summed E-state index contributed by atoms with van der Waals surface area (Å²) in [6, 6.07) is 12.2. The molecule has 0 spiro atoms. The third-order valence-corrected chi connectivity index (χ3v) is 3.46. The van der Waals surface area contributed by atoms with Gasteiger partial charge in [-0.05, 0) is 36.2 Å². The van der Waals surface area contributed by atoms with Crippen LogP contribution < -0.4 is 10.9 Å². The molecule has 8 heteroatoms. The van der Waals surface area contributed by atoms with E-state index in [2.05, 4.69) is 10.9 Å². The minimum Gasteiger partial charge on any atom is -0.273 e. The van der Waals surface area contributed by atoms with Gasteiger partial charge in [-0.2, -0.15) is 0 Å². The minimum absolute atomic E-state index is 0.112. The van der Waals surface area contributed by atoms with Crippen molar-refractivity contribution in [2.45, 2.75) is 12.8 Å². The number of non-ortho nitro benzene ring substituents is 1. The number of halogens is 1. The summed E-state index contributed by atoms with van der Waals surface area (Å²) in [4.78, 5) is 33.5. The Balaban J connectivity index is 1.79. The number of nitrogens with zero attached hydrogens (tertiary/aromatic N) is 1. The third-order valence-electron chi connectivity index (χ3n) is 3.21. The normalized spacial score (nSPS) is 10.0. The molecule has 0 saturated carbocycles. The summed E-state index contributed by atoms with van der Waals surface area (Å²) >= 11 is 5.78. The molecule has 0 radical (unpaired) electrons. The van der Waals surface area contributed by atoms with Crippen molar-refractivity contribution < 1.29 is 14.5 Å². The van der Waals surface area contributed by atoms with Crippen molar-refractivity contribution in [3.63, 3.8) is 0 Å². The van der Waals surface area contributed by atoms with E-state index >= 15 is 0 Å². The summed E-state index contributed by atoms with van der Waals surface area (Å²) in [5.74, 6) is -0.898. The first-order chi connectivity index (χ1) is 11.5. The molecule has 2 aromatic rings. The van der Waals surface area contributed by atoms with E-state index in [1.807, 2.05) is 12.1 Å². The Morgan fingerprint density at radius 3 is 2.21 bits per heavy atom. The van der Waals surface area contributed by atoms with Gasteiger partial charge in [0, 0.05) is 29.1 Å². The molecule has 24 heavy (non-hydrogen) atoms. The van der Waals surface area contributed by atoms with E-state index < -0.39 is 10.8 Å². The Bertz CT molecular complexity index is 745. The highest BCUT2D eigenvalue weighted by Crippen LogP contribution is 2.12. The fourth-order valence-corrected chi connectivity index (χ4v) is 2.03. The van der Waals surface area contributed by atoms with Crippen LogP contribution in [0, 0.1) is 10.1 Å². The molecule has 0 heterocycles. The largest absolute Gasteiger partial charge is 0.273 e. The maximum Gasteiger partial charge on any atom is 0.269 e. The fourth-order valence-electron chi connectivity index (χ4n) is 1.90. The summed E-state index contributed by atoms with van der Waals surface area (Å²) in [6.07, 6.45) is 0.707. The topological polar surface area (TPSA) is 101 Å². The van der Waals surface area contributed by atoms with Crippen LogP contribution in [0.4, 0.5) is 5.69 Å². The van der Waals surface area contributed by atoms with Crippen LogP contribution in [0.3, 0.4) is 0 Å². The first kappa shape index (κ1) is 17.4. The number of aryl methyl sites for hydroxylation is 1. The van der Waals surface area contributed by atoms with Gasteiger partial charge in [0.05, 0.1) is 4.92 Å². The van der Waals surface area contributed by atoms with Crippen LogP contribution >= 0.6 is 11.6 Å². The lowest BCUT2D eigenvalue weighted by atomic mass is 10.1. The van der Waals surface area contributed by atoms with Crippen LogP contribution in [-0.2, 0) is 11.2 Å². The van der Waals surface area contributed by atoms with Gasteiger partial charge in [0.1, 0.15) is 0 Å². The second kappa shape index (κ2) is 8.07. The van der Waals surface area contributed by atoms with Crippen molar-refractivity contribution >= 4 is 29.1 Å². The number of hydrogen-bond donors (Lipinski definition) is 2. The van der Waals surface area contributed by atoms with Crippen molar-refractivity contribution in [3.8, 4) is 0 Å². The number of amides is 2. The van der Waals surface area contributed by atoms with Gasteiger partial charge in [-0.15, -0.1) is 0 Å². The molecule has 0 aromatic heterocycles. The standard InChI is InChI=1S/C16H14ClN3O4/c17-13-6-1-11(2-7-13)3-10-15(21)18-19-16(22)12-4-8-14(9-5-12)20(23)24/h1-2,4-9H,3,10H2,(H,18,21)(H,19,22). The number of rotatable bonds is 5. The molecule has 0 aliphatic rings. The molecule has 0 saturated heterocycles. The first-order valence-electron chi connectivity index (χ1n) is 7.04. The van der Waals surface area contributed by atoms with E-state index in [-0.39, 0.29) is 23.6 Å². The zero-order chi connectivity index (χ0) is 17.5. The number of nitrogens with one attached hydrogen (secondary N) is 2. The maximum absolute atomic E-state index is 11.8. The molecule has 0 atom stereocenters. The number of carbonyl (C=O) groups is 2. The predicted octanol–water partition coefficient (Wildman–Crippen LogP) is 2.64. The van der Waals surface area contributed by atoms with Gasteiger partial charge in [-0.25, -0.2) is 0 Å². The molecule has 2 N–H and O–H groups in total. The Morgan fingerprint density at radius 2 is 1.62 bits per heavy atom. The van der Waals surface area contributed by atoms with E-state index in [4.69, 9.17) is 11.6 Å². The van der Waals surface area contributed by atoms with E-state index in [0.29, 0.717) is 11.4 Å². The quantitative estimate of drug-likeness (QED) is 0.641. The molecule has 0 aliphatic carbocycles. The van der Waals surface area contributed by atoms with E-state index in [1.54, 1.807) is 12.1 Å². The van der Waals surface area contributed by atoms with E-state index in [0.717, 1.165) is 5.56 Å². The lowest BCUT2D eigenvalue weighted by molar-refractivity contribution is -0.384. The zero-order valence-electron chi connectivity index (χ0n) is 12.5. The van der Waals surface area contributed by atoms with Gasteiger partial charge in [0.2, 0.25) is 5.91 Å². The molecular weight excluding hydrogens is 334 g/mol. The lowest BCUT2D eigenvalue weighted by Crippen LogP contribution is -2.41. The van der Waals surface area contributed by atoms with Gasteiger partial charge in [-0.1, -0.05) is 23.7 Å². The predicted molar refractivity (Wildman–Crippen MR) is 88.5 cm³/mol. The van der Waals surface area contributed by atoms with Gasteiger partial charge in [-0.3, -0.25) is 30.6 Å². The van der Waals surface area contributed by atoms with Gasteiger partial charge < -0.3 is 0 Å². The first-order valence-corrected chi connectivity index (χ1v) is 7.41. The van der Waals surface area contributed by atoms with Crippen LogP contribution in [0.15, 0.2) is 48.5 Å². The van der Waals surface area contributed by atoms with Crippen LogP contribution in [-0.4, -0.2) is 16.7 Å². The van der Waals surface area contributed by atoms with Gasteiger partial charge in [0.15, 0.2) is 0 Å². The Kier molecular flexibility index (Phi) is 5.86. The molecule has 2 rings (SSSR count). The summed E-state index contributed by atoms with van der Waals surface area (Å²) in [5, 5.41) is 11.2. The minimum atomic E-state index is -0.555. The SMILES string of the molecule is O=C(CCc1ccc(Cl)cc1)NNC(=O)c1ccc([N+](=O)[O-])cc1. The third kappa shape index (κ3) is 5.06. The van der Waals surface area contributed by atoms with Crippen LogP contribution in [0.1, 0.15) is 22.3 Å². The van der Waals surface area contributed by atoms with Crippen molar-refractivity contribution in [2.24, 2.45) is 0 Å². The number of carbonyl (C=O) groups excluding carboxylic acids is 2. The highest BCUT2D eigenvalue weighted by Gasteiger charge is 2.10. The molecule has 124 valence electrons. The van der Waals surface area contributed by atoms with Crippen molar-refractivity contribution in [2.75, 3.05) is 0 Å². The smallest absolute Gasteiger partial charge is 0.269 e. The molecule has 0 unspecified atom stereocenters. The molecule has 0 aliphatic heterocycles. The molecule has 0 fully saturated rings. The van der Waals surface area contributed by atoms with Crippen LogP contribution in [0.25, 0.3) is 0 Å². The second-order valence-electron chi connectivity index (χ2n) is 4.93. The molecule has 0 bridgehead atoms. The van der Waals surface area contributed by atoms with Crippen molar-refractivity contribution in [1.29, 1.82) is 0 Å². The highest BCUT2D eigenvalue weighted by molar-refractivity contribution is 6.30. The molecular formula is C16H14ClN3O4. The summed E-state index contributed by atoms with van der Waals surface area (Å²) in [7, 11) is 0. The Labute approximate surface area is 142 Å². The second-order valence-corrected chi connectivity index (χ2v) is 5.37. The number of benzene rings is 2. The maximum atomic E-state index is 11.8. The average Bonchev–Trinajstić information content (AvgIpc) is 2.59. The number of nitro benzene ring substituents is 1. The summed E-state index contributed by atoms with van der Waals surface area (Å²) in [5.41, 5.74) is 5.61. The van der Waals surface area contributed by atoms with Gasteiger partial charge in [0.25, 0.3) is 11.6 Å². The summed E-state index contributed by atoms with van der Waals surface area (Å²) in [6.45, 7) is 0. The monoisotopic (exact) mass is 347 g/mol. The van der Waals surface area contributed by atoms with Crippen LogP contribution in [0.5, 0.6) is 0 Å². The lowest BCUT2D eigenvalue weighted by Gasteiger charge is -2.07. The van der Waals surface area contributed by atoms with Crippen molar-refractivity contribution in [1.82, 2.24) is 10.9 Å². The molecule has 2 aromatic carbocycles. The Morgan fingerprint density at radius 1 is 1.00 bits per heavy atom. The molecule has 2 amide bonds. The van der Waals surface area contributed by atoms with E-state index in [1.165, 1.54) is 24.3 Å². The zero-order valence-corrected chi connectivity index (χ0v) is 13.2.